The Morgan fingerprint density at radius 3 is 1.52 bits per heavy atom. The highest BCUT2D eigenvalue weighted by atomic mass is 32.2. The van der Waals surface area contributed by atoms with Crippen molar-refractivity contribution in [3.8, 4) is 34.1 Å². The highest BCUT2D eigenvalue weighted by Gasteiger charge is 2.26. The van der Waals surface area contributed by atoms with Crippen LogP contribution in [0.25, 0.3) is 33.5 Å². The van der Waals surface area contributed by atoms with Crippen LogP contribution in [0.4, 0.5) is 34.1 Å². The maximum atomic E-state index is 6.23. The van der Waals surface area contributed by atoms with E-state index in [0.29, 0.717) is 5.82 Å². The first-order chi connectivity index (χ1) is 24.8. The van der Waals surface area contributed by atoms with E-state index in [1.54, 1.807) is 0 Å². The quantitative estimate of drug-likeness (QED) is 0.187. The molecule has 2 aliphatic heterocycles. The summed E-state index contributed by atoms with van der Waals surface area (Å²) in [7, 11) is 0. The third-order valence-electron chi connectivity index (χ3n) is 9.25. The van der Waals surface area contributed by atoms with E-state index in [-0.39, 0.29) is 0 Å². The molecule has 3 heterocycles. The summed E-state index contributed by atoms with van der Waals surface area (Å²) >= 11 is 1.82. The molecule has 50 heavy (non-hydrogen) atoms. The van der Waals surface area contributed by atoms with E-state index < -0.39 is 0 Å². The van der Waals surface area contributed by atoms with Crippen molar-refractivity contribution in [3.05, 3.63) is 170 Å². The van der Waals surface area contributed by atoms with Gasteiger partial charge in [0.05, 0.1) is 34.0 Å². The number of aromatic nitrogens is 2. The minimum absolute atomic E-state index is 0.688. The molecule has 8 aromatic rings. The van der Waals surface area contributed by atoms with Gasteiger partial charge in [-0.2, -0.15) is 0 Å². The first kappa shape index (κ1) is 28.6. The summed E-state index contributed by atoms with van der Waals surface area (Å²) in [6.07, 6.45) is 0. The van der Waals surface area contributed by atoms with Gasteiger partial charge in [0.15, 0.2) is 17.3 Å². The van der Waals surface area contributed by atoms with Crippen LogP contribution in [0.1, 0.15) is 0 Å². The molecule has 0 spiro atoms. The molecule has 2 aliphatic rings. The lowest BCUT2D eigenvalue weighted by Crippen LogP contribution is -2.15. The molecule has 0 N–H and O–H groups in total. The van der Waals surface area contributed by atoms with Crippen LogP contribution in [0.15, 0.2) is 180 Å². The van der Waals surface area contributed by atoms with E-state index in [1.165, 1.54) is 21.2 Å². The summed E-state index contributed by atoms with van der Waals surface area (Å²) in [4.78, 5) is 17.3. The molecule has 0 saturated carbocycles. The van der Waals surface area contributed by atoms with Crippen LogP contribution >= 0.6 is 11.8 Å². The van der Waals surface area contributed by atoms with Crippen molar-refractivity contribution in [1.29, 1.82) is 0 Å². The molecule has 0 aliphatic carbocycles. The first-order valence-corrected chi connectivity index (χ1v) is 17.4. The Morgan fingerprint density at radius 2 is 0.900 bits per heavy atom. The fraction of sp³-hybridized carbons (Fsp3) is 0. The second-order valence-electron chi connectivity index (χ2n) is 12.3. The molecule has 0 bridgehead atoms. The third-order valence-corrected chi connectivity index (χ3v) is 10.4. The van der Waals surface area contributed by atoms with E-state index in [2.05, 4.69) is 137 Å². The van der Waals surface area contributed by atoms with Crippen LogP contribution < -0.4 is 14.5 Å². The van der Waals surface area contributed by atoms with Gasteiger partial charge in [0.1, 0.15) is 0 Å². The monoisotopic (exact) mass is 660 g/mol. The lowest BCUT2D eigenvalue weighted by Gasteiger charge is -2.32. The van der Waals surface area contributed by atoms with Gasteiger partial charge >= 0.3 is 0 Å². The van der Waals surface area contributed by atoms with Crippen LogP contribution in [0, 0.1) is 0 Å². The zero-order valence-corrected chi connectivity index (χ0v) is 27.6. The summed E-state index contributed by atoms with van der Waals surface area (Å²) in [6, 6.07) is 58.9. The standard InChI is InChI=1S/C44H28N4OS/c1-2-12-34-33(11-1)43(29-21-25-32(26-22-29)48-37-15-5-9-19-41(37)50-42-20-10-6-16-38(42)48)46-44(45-34)30-23-27-31(28-24-30)47-35-13-3-7-17-39(35)49-40-18-8-4-14-36(40)47/h1-28H. The van der Waals surface area contributed by atoms with Crippen molar-refractivity contribution in [2.45, 2.75) is 9.79 Å². The zero-order valence-electron chi connectivity index (χ0n) is 26.8. The first-order valence-electron chi connectivity index (χ1n) is 16.6. The molecule has 0 atom stereocenters. The summed E-state index contributed by atoms with van der Waals surface area (Å²) in [5, 5.41) is 1.02. The zero-order chi connectivity index (χ0) is 33.0. The van der Waals surface area contributed by atoms with Crippen molar-refractivity contribution in [3.63, 3.8) is 0 Å². The molecule has 0 radical (unpaired) electrons. The number of fused-ring (bicyclic) bond motifs is 5. The summed E-state index contributed by atoms with van der Waals surface area (Å²) in [5.74, 6) is 2.35. The normalized spacial score (nSPS) is 12.8. The minimum Gasteiger partial charge on any atom is -0.453 e. The summed E-state index contributed by atoms with van der Waals surface area (Å²) in [6.45, 7) is 0. The van der Waals surface area contributed by atoms with Gasteiger partial charge in [0.25, 0.3) is 0 Å². The van der Waals surface area contributed by atoms with Crippen LogP contribution in [0.3, 0.4) is 0 Å². The Morgan fingerprint density at radius 1 is 0.420 bits per heavy atom. The molecular formula is C44H28N4OS. The molecule has 7 aromatic carbocycles. The van der Waals surface area contributed by atoms with E-state index in [4.69, 9.17) is 14.7 Å². The average molecular weight is 661 g/mol. The molecule has 1 aromatic heterocycles. The predicted octanol–water partition coefficient (Wildman–Crippen LogP) is 12.5. The lowest BCUT2D eigenvalue weighted by molar-refractivity contribution is 0.477. The van der Waals surface area contributed by atoms with Gasteiger partial charge in [0.2, 0.25) is 0 Å². The van der Waals surface area contributed by atoms with Crippen LogP contribution in [0.2, 0.25) is 0 Å². The van der Waals surface area contributed by atoms with Crippen LogP contribution in [-0.2, 0) is 0 Å². The van der Waals surface area contributed by atoms with Crippen molar-refractivity contribution in [1.82, 2.24) is 9.97 Å². The maximum absolute atomic E-state index is 6.23. The molecule has 10 rings (SSSR count). The highest BCUT2D eigenvalue weighted by Crippen LogP contribution is 2.52. The number of benzene rings is 7. The largest absolute Gasteiger partial charge is 0.453 e. The second-order valence-corrected chi connectivity index (χ2v) is 13.3. The van der Waals surface area contributed by atoms with Crippen molar-refractivity contribution >= 4 is 56.8 Å². The predicted molar refractivity (Wildman–Crippen MR) is 204 cm³/mol. The lowest BCUT2D eigenvalue weighted by atomic mass is 10.0. The van der Waals surface area contributed by atoms with Crippen molar-refractivity contribution < 1.29 is 4.74 Å². The number of para-hydroxylation sites is 7. The molecule has 0 saturated heterocycles. The number of rotatable bonds is 4. The van der Waals surface area contributed by atoms with Gasteiger partial charge in [-0.3, -0.25) is 0 Å². The van der Waals surface area contributed by atoms with Gasteiger partial charge in [0, 0.05) is 37.7 Å². The topological polar surface area (TPSA) is 41.5 Å². The fourth-order valence-corrected chi connectivity index (χ4v) is 7.98. The number of hydrogen-bond donors (Lipinski definition) is 0. The number of ether oxygens (including phenoxy) is 1. The van der Waals surface area contributed by atoms with Crippen molar-refractivity contribution in [2.75, 3.05) is 9.80 Å². The van der Waals surface area contributed by atoms with Gasteiger partial charge in [-0.1, -0.05) is 90.6 Å². The molecule has 0 fully saturated rings. The van der Waals surface area contributed by atoms with E-state index in [9.17, 15) is 0 Å². The molecule has 236 valence electrons. The smallest absolute Gasteiger partial charge is 0.160 e. The Balaban J connectivity index is 1.03. The summed E-state index contributed by atoms with van der Waals surface area (Å²) < 4.78 is 6.23. The SMILES string of the molecule is c1ccc2c(c1)Oc1ccccc1N2c1ccc(-c2nc(-c3ccc(N4c5ccccc5Sc5ccccc54)cc3)c3ccccc3n2)cc1. The Labute approximate surface area is 294 Å². The van der Waals surface area contributed by atoms with E-state index in [0.717, 1.165) is 62.0 Å². The Kier molecular flexibility index (Phi) is 6.67. The molecule has 0 unspecified atom stereocenters. The Hall–Kier alpha value is -6.37. The summed E-state index contributed by atoms with van der Waals surface area (Å²) in [5.41, 5.74) is 10.3. The Bertz CT molecular complexity index is 2480. The minimum atomic E-state index is 0.688. The van der Waals surface area contributed by atoms with Gasteiger partial charge in [-0.05, 0) is 91.0 Å². The molecular weight excluding hydrogens is 633 g/mol. The van der Waals surface area contributed by atoms with Gasteiger partial charge in [-0.15, -0.1) is 0 Å². The van der Waals surface area contributed by atoms with Gasteiger partial charge in [-0.25, -0.2) is 9.97 Å². The van der Waals surface area contributed by atoms with Gasteiger partial charge < -0.3 is 14.5 Å². The van der Waals surface area contributed by atoms with Crippen molar-refractivity contribution in [2.24, 2.45) is 0 Å². The fourth-order valence-electron chi connectivity index (χ4n) is 6.92. The third kappa shape index (κ3) is 4.72. The highest BCUT2D eigenvalue weighted by molar-refractivity contribution is 7.99. The molecule has 0 amide bonds. The average Bonchev–Trinajstić information content (AvgIpc) is 3.19. The number of hydrogen-bond acceptors (Lipinski definition) is 6. The molecule has 5 nitrogen and oxygen atoms in total. The van der Waals surface area contributed by atoms with Crippen LogP contribution in [-0.4, -0.2) is 9.97 Å². The maximum Gasteiger partial charge on any atom is 0.160 e. The molecule has 6 heteroatoms. The van der Waals surface area contributed by atoms with E-state index >= 15 is 0 Å². The second kappa shape index (κ2) is 11.7. The number of nitrogens with zero attached hydrogens (tertiary/aromatic N) is 4. The van der Waals surface area contributed by atoms with E-state index in [1.807, 2.05) is 54.2 Å². The van der Waals surface area contributed by atoms with Crippen LogP contribution in [0.5, 0.6) is 11.5 Å². The number of anilines is 6.